The summed E-state index contributed by atoms with van der Waals surface area (Å²) in [5.74, 6) is -0.494. The first kappa shape index (κ1) is 17.5. The normalized spacial score (nSPS) is 10.3. The third kappa shape index (κ3) is 4.39. The van der Waals surface area contributed by atoms with Crippen LogP contribution in [0.15, 0.2) is 64.1 Å². The lowest BCUT2D eigenvalue weighted by Gasteiger charge is -2.07. The Morgan fingerprint density at radius 2 is 1.65 bits per heavy atom. The lowest BCUT2D eigenvalue weighted by atomic mass is 10.2. The number of hydrogen-bond acceptors (Lipinski definition) is 7. The summed E-state index contributed by atoms with van der Waals surface area (Å²) < 4.78 is 4.33. The van der Waals surface area contributed by atoms with Crippen LogP contribution in [-0.2, 0) is 5.75 Å². The van der Waals surface area contributed by atoms with E-state index in [1.54, 1.807) is 23.9 Å². The van der Waals surface area contributed by atoms with Gasteiger partial charge >= 0.3 is 0 Å². The number of thioether (sulfide) groups is 1. The molecule has 26 heavy (non-hydrogen) atoms. The highest BCUT2D eigenvalue weighted by Crippen LogP contribution is 2.22. The number of rotatable bonds is 5. The van der Waals surface area contributed by atoms with Gasteiger partial charge in [-0.1, -0.05) is 30.3 Å². The van der Waals surface area contributed by atoms with Gasteiger partial charge in [0.25, 0.3) is 11.8 Å². The fourth-order valence-corrected chi connectivity index (χ4v) is 2.90. The minimum atomic E-state index is -0.716. The number of nitrogens with one attached hydrogen (secondary N) is 2. The zero-order valence-electron chi connectivity index (χ0n) is 13.5. The smallest absolute Gasteiger partial charge is 0.295 e. The molecule has 8 nitrogen and oxygen atoms in total. The molecule has 1 heterocycles. The number of nitrogens with two attached hydrogens (primary N) is 1. The lowest BCUT2D eigenvalue weighted by Crippen LogP contribution is -2.42. The van der Waals surface area contributed by atoms with Gasteiger partial charge in [-0.25, -0.2) is 4.63 Å². The largest absolute Gasteiger partial charge is 0.379 e. The van der Waals surface area contributed by atoms with E-state index in [1.807, 2.05) is 30.3 Å². The minimum Gasteiger partial charge on any atom is -0.379 e. The average molecular weight is 369 g/mol. The molecular formula is C17H15N5O3S. The summed E-state index contributed by atoms with van der Waals surface area (Å²) in [6.45, 7) is 0. The van der Waals surface area contributed by atoms with Crippen LogP contribution in [0.5, 0.6) is 0 Å². The van der Waals surface area contributed by atoms with E-state index >= 15 is 0 Å². The maximum Gasteiger partial charge on any atom is 0.295 e. The minimum absolute atomic E-state index is 0.156. The Balaban J connectivity index is 1.52. The predicted octanol–water partition coefficient (Wildman–Crippen LogP) is 2.02. The molecular weight excluding hydrogens is 354 g/mol. The number of amides is 2. The van der Waals surface area contributed by atoms with Crippen molar-refractivity contribution in [1.82, 2.24) is 21.2 Å². The summed E-state index contributed by atoms with van der Waals surface area (Å²) >= 11 is 1.67. The Morgan fingerprint density at radius 3 is 2.31 bits per heavy atom. The first-order valence-electron chi connectivity index (χ1n) is 7.59. The Morgan fingerprint density at radius 1 is 0.962 bits per heavy atom. The second kappa shape index (κ2) is 8.17. The van der Waals surface area contributed by atoms with Crippen molar-refractivity contribution in [3.05, 3.63) is 71.4 Å². The predicted molar refractivity (Wildman–Crippen MR) is 96.1 cm³/mol. The van der Waals surface area contributed by atoms with Crippen molar-refractivity contribution < 1.29 is 14.2 Å². The molecule has 132 valence electrons. The Labute approximate surface area is 153 Å². The van der Waals surface area contributed by atoms with Gasteiger partial charge in [-0.15, -0.1) is 11.8 Å². The second-order valence-corrected chi connectivity index (χ2v) is 6.25. The summed E-state index contributed by atoms with van der Waals surface area (Å²) in [6, 6.07) is 17.2. The van der Waals surface area contributed by atoms with E-state index in [-0.39, 0.29) is 11.5 Å². The first-order chi connectivity index (χ1) is 12.6. The third-order valence-corrected chi connectivity index (χ3v) is 4.47. The van der Waals surface area contributed by atoms with Crippen LogP contribution in [-0.4, -0.2) is 22.1 Å². The number of hydrazine groups is 1. The number of hydrogen-bond donors (Lipinski definition) is 3. The molecule has 0 saturated carbocycles. The molecule has 0 fully saturated rings. The Kier molecular flexibility index (Phi) is 5.49. The molecule has 0 saturated heterocycles. The van der Waals surface area contributed by atoms with E-state index in [0.717, 1.165) is 10.6 Å². The van der Waals surface area contributed by atoms with Crippen LogP contribution in [0.25, 0.3) is 0 Å². The van der Waals surface area contributed by atoms with Crippen LogP contribution in [0.1, 0.15) is 26.4 Å². The van der Waals surface area contributed by atoms with Gasteiger partial charge in [0.05, 0.1) is 0 Å². The molecule has 9 heteroatoms. The monoisotopic (exact) mass is 369 g/mol. The van der Waals surface area contributed by atoms with E-state index in [9.17, 15) is 9.59 Å². The fraction of sp³-hybridized carbons (Fsp3) is 0.0588. The molecule has 0 radical (unpaired) electrons. The molecule has 0 atom stereocenters. The van der Waals surface area contributed by atoms with Crippen molar-refractivity contribution in [2.45, 2.75) is 10.6 Å². The molecule has 4 N–H and O–H groups in total. The average Bonchev–Trinajstić information content (AvgIpc) is 3.11. The molecule has 3 aromatic rings. The van der Waals surface area contributed by atoms with Crippen LogP contribution in [0.4, 0.5) is 5.82 Å². The molecule has 2 amide bonds. The van der Waals surface area contributed by atoms with Gasteiger partial charge in [0, 0.05) is 16.2 Å². The third-order valence-electron chi connectivity index (χ3n) is 3.38. The van der Waals surface area contributed by atoms with E-state index < -0.39 is 11.8 Å². The van der Waals surface area contributed by atoms with Crippen LogP contribution in [0.2, 0.25) is 0 Å². The van der Waals surface area contributed by atoms with Crippen LogP contribution < -0.4 is 16.6 Å². The van der Waals surface area contributed by atoms with Gasteiger partial charge in [-0.05, 0) is 40.1 Å². The molecule has 0 unspecified atom stereocenters. The van der Waals surface area contributed by atoms with Crippen molar-refractivity contribution >= 4 is 29.4 Å². The molecule has 3 rings (SSSR count). The SMILES string of the molecule is Nc1nonc1C(=O)NNC(=O)c1ccc(SCc2ccccc2)cc1. The van der Waals surface area contributed by atoms with Crippen molar-refractivity contribution in [2.75, 3.05) is 5.73 Å². The van der Waals surface area contributed by atoms with Gasteiger partial charge in [0.1, 0.15) is 0 Å². The summed E-state index contributed by atoms with van der Waals surface area (Å²) in [7, 11) is 0. The Hall–Kier alpha value is -3.33. The maximum atomic E-state index is 12.1. The highest BCUT2D eigenvalue weighted by molar-refractivity contribution is 7.98. The summed E-state index contributed by atoms with van der Waals surface area (Å²) in [5, 5.41) is 6.63. The zero-order valence-corrected chi connectivity index (χ0v) is 14.3. The highest BCUT2D eigenvalue weighted by atomic mass is 32.2. The number of anilines is 1. The van der Waals surface area contributed by atoms with Gasteiger partial charge in [0.2, 0.25) is 11.5 Å². The number of benzene rings is 2. The molecule has 1 aromatic heterocycles. The van der Waals surface area contributed by atoms with Gasteiger partial charge < -0.3 is 5.73 Å². The topological polar surface area (TPSA) is 123 Å². The van der Waals surface area contributed by atoms with Crippen molar-refractivity contribution in [1.29, 1.82) is 0 Å². The number of carbonyl (C=O) groups is 2. The van der Waals surface area contributed by atoms with Gasteiger partial charge in [-0.3, -0.25) is 20.4 Å². The van der Waals surface area contributed by atoms with E-state index in [4.69, 9.17) is 5.73 Å². The maximum absolute atomic E-state index is 12.1. The van der Waals surface area contributed by atoms with Gasteiger partial charge in [-0.2, -0.15) is 0 Å². The number of nitrogens with zero attached hydrogens (tertiary/aromatic N) is 2. The fourth-order valence-electron chi connectivity index (χ4n) is 2.04. The van der Waals surface area contributed by atoms with Gasteiger partial charge in [0.15, 0.2) is 0 Å². The van der Waals surface area contributed by atoms with Crippen molar-refractivity contribution in [3.8, 4) is 0 Å². The molecule has 2 aromatic carbocycles. The molecule has 0 bridgehead atoms. The molecule has 0 aliphatic carbocycles. The van der Waals surface area contributed by atoms with Crippen LogP contribution in [0.3, 0.4) is 0 Å². The zero-order chi connectivity index (χ0) is 18.4. The number of nitrogen functional groups attached to an aromatic ring is 1. The van der Waals surface area contributed by atoms with E-state index in [1.165, 1.54) is 5.56 Å². The van der Waals surface area contributed by atoms with E-state index in [0.29, 0.717) is 5.56 Å². The first-order valence-corrected chi connectivity index (χ1v) is 8.57. The van der Waals surface area contributed by atoms with Crippen molar-refractivity contribution in [3.63, 3.8) is 0 Å². The highest BCUT2D eigenvalue weighted by Gasteiger charge is 2.16. The van der Waals surface area contributed by atoms with Crippen LogP contribution >= 0.6 is 11.8 Å². The Bertz CT molecular complexity index is 896. The number of aromatic nitrogens is 2. The number of carbonyl (C=O) groups excluding carboxylic acids is 2. The van der Waals surface area contributed by atoms with E-state index in [2.05, 4.69) is 37.9 Å². The summed E-state index contributed by atoms with van der Waals surface area (Å²) in [4.78, 5) is 24.9. The van der Waals surface area contributed by atoms with Crippen LogP contribution in [0, 0.1) is 0 Å². The summed E-state index contributed by atoms with van der Waals surface area (Å²) in [6.07, 6.45) is 0. The lowest BCUT2D eigenvalue weighted by molar-refractivity contribution is 0.0841. The molecule has 0 spiro atoms. The second-order valence-electron chi connectivity index (χ2n) is 5.20. The molecule has 0 aliphatic heterocycles. The standard InChI is InChI=1S/C17H15N5O3S/c18-15-14(21-25-22-15)17(24)20-19-16(23)12-6-8-13(9-7-12)26-10-11-4-2-1-3-5-11/h1-9H,10H2,(H2,18,22)(H,19,23)(H,20,24). The van der Waals surface area contributed by atoms with Crippen molar-refractivity contribution in [2.24, 2.45) is 0 Å². The summed E-state index contributed by atoms with van der Waals surface area (Å²) in [5.41, 5.74) is 11.3. The molecule has 0 aliphatic rings. The quantitative estimate of drug-likeness (QED) is 0.464.